The van der Waals surface area contributed by atoms with Crippen molar-refractivity contribution >= 4 is 28.0 Å². The number of thiophene rings is 1. The van der Waals surface area contributed by atoms with Crippen LogP contribution in [0.15, 0.2) is 40.1 Å². The van der Waals surface area contributed by atoms with E-state index in [-0.39, 0.29) is 17.4 Å². The maximum atomic E-state index is 12.0. The fraction of sp³-hybridized carbons (Fsp3) is 0.500. The van der Waals surface area contributed by atoms with Crippen molar-refractivity contribution in [3.63, 3.8) is 0 Å². The minimum atomic E-state index is -1.28. The molecule has 0 aliphatic carbocycles. The van der Waals surface area contributed by atoms with Gasteiger partial charge in [0.15, 0.2) is 0 Å². The Morgan fingerprint density at radius 2 is 2.13 bits per heavy atom. The summed E-state index contributed by atoms with van der Waals surface area (Å²) in [6, 6.07) is 5.73. The molecule has 2 aromatic rings. The SMILES string of the molecule is Cc1ccc(CS(=O)CC(=O)NCC=CCOc2csc(CN3CCCCC3)c2)o1. The van der Waals surface area contributed by atoms with Gasteiger partial charge in [-0.1, -0.05) is 12.5 Å². The lowest BCUT2D eigenvalue weighted by molar-refractivity contribution is -0.118. The van der Waals surface area contributed by atoms with Gasteiger partial charge in [0, 0.05) is 34.1 Å². The van der Waals surface area contributed by atoms with Gasteiger partial charge in [0.25, 0.3) is 0 Å². The van der Waals surface area contributed by atoms with Crippen molar-refractivity contribution in [2.45, 2.75) is 38.5 Å². The first-order valence-electron chi connectivity index (χ1n) is 10.3. The van der Waals surface area contributed by atoms with Gasteiger partial charge in [-0.25, -0.2) is 0 Å². The first-order valence-corrected chi connectivity index (χ1v) is 12.7. The molecule has 1 unspecified atom stereocenters. The highest BCUT2D eigenvalue weighted by molar-refractivity contribution is 7.84. The minimum Gasteiger partial charge on any atom is -0.489 e. The highest BCUT2D eigenvalue weighted by Crippen LogP contribution is 2.24. The van der Waals surface area contributed by atoms with Crippen LogP contribution in [0.2, 0.25) is 0 Å². The molecule has 1 N–H and O–H groups in total. The van der Waals surface area contributed by atoms with E-state index in [2.05, 4.69) is 16.3 Å². The molecule has 1 fully saturated rings. The number of piperidine rings is 1. The molecule has 6 nitrogen and oxygen atoms in total. The zero-order chi connectivity index (χ0) is 21.2. The number of carbonyl (C=O) groups is 1. The summed E-state index contributed by atoms with van der Waals surface area (Å²) in [5.41, 5.74) is 0. The van der Waals surface area contributed by atoms with E-state index in [9.17, 15) is 9.00 Å². The maximum Gasteiger partial charge on any atom is 0.232 e. The van der Waals surface area contributed by atoms with Gasteiger partial charge >= 0.3 is 0 Å². The lowest BCUT2D eigenvalue weighted by Gasteiger charge is -2.25. The summed E-state index contributed by atoms with van der Waals surface area (Å²) in [6.07, 6.45) is 7.68. The molecular formula is C22H30N2O4S2. The van der Waals surface area contributed by atoms with E-state index in [1.165, 1.54) is 37.2 Å². The highest BCUT2D eigenvalue weighted by Gasteiger charge is 2.12. The zero-order valence-corrected chi connectivity index (χ0v) is 19.1. The lowest BCUT2D eigenvalue weighted by Crippen LogP contribution is -2.28. The molecule has 0 aromatic carbocycles. The molecule has 0 bridgehead atoms. The molecule has 0 spiro atoms. The normalized spacial score (nSPS) is 16.0. The predicted octanol–water partition coefficient (Wildman–Crippen LogP) is 3.64. The fourth-order valence-electron chi connectivity index (χ4n) is 3.30. The van der Waals surface area contributed by atoms with Gasteiger partial charge < -0.3 is 14.5 Å². The predicted molar refractivity (Wildman–Crippen MR) is 121 cm³/mol. The molecule has 164 valence electrons. The maximum absolute atomic E-state index is 12.0. The minimum absolute atomic E-state index is 0.0290. The van der Waals surface area contributed by atoms with E-state index in [0.29, 0.717) is 18.9 Å². The zero-order valence-electron chi connectivity index (χ0n) is 17.4. The molecule has 8 heteroatoms. The van der Waals surface area contributed by atoms with Crippen LogP contribution >= 0.6 is 11.3 Å². The van der Waals surface area contributed by atoms with Crippen LogP contribution in [-0.2, 0) is 27.9 Å². The summed E-state index contributed by atoms with van der Waals surface area (Å²) in [5, 5.41) is 4.79. The van der Waals surface area contributed by atoms with Crippen LogP contribution in [0.3, 0.4) is 0 Å². The molecular weight excluding hydrogens is 420 g/mol. The first-order chi connectivity index (χ1) is 14.6. The number of rotatable bonds is 11. The van der Waals surface area contributed by atoms with Crippen LogP contribution in [0.25, 0.3) is 0 Å². The number of nitrogens with zero attached hydrogens (tertiary/aromatic N) is 1. The number of aryl methyl sites for hydroxylation is 1. The molecule has 1 atom stereocenters. The average molecular weight is 451 g/mol. The standard InChI is InChI=1S/C22H30N2O4S2/c1-18-7-8-19(28-18)16-30(26)17-22(25)23-9-3-6-12-27-20-13-21(29-15-20)14-24-10-4-2-5-11-24/h3,6-8,13,15H,2,4-5,9-12,14,16-17H2,1H3,(H,23,25). The molecule has 2 aromatic heterocycles. The van der Waals surface area contributed by atoms with E-state index in [0.717, 1.165) is 18.1 Å². The Hall–Kier alpha value is -1.90. The van der Waals surface area contributed by atoms with Crippen molar-refractivity contribution in [2.24, 2.45) is 0 Å². The van der Waals surface area contributed by atoms with Crippen LogP contribution in [0, 0.1) is 6.92 Å². The molecule has 0 saturated carbocycles. The number of carbonyl (C=O) groups excluding carboxylic acids is 1. The molecule has 1 amide bonds. The Kier molecular flexibility index (Phi) is 9.17. The van der Waals surface area contributed by atoms with Gasteiger partial charge in [-0.3, -0.25) is 13.9 Å². The fourth-order valence-corrected chi connectivity index (χ4v) is 5.11. The van der Waals surface area contributed by atoms with Crippen molar-refractivity contribution in [3.8, 4) is 5.75 Å². The topological polar surface area (TPSA) is 71.8 Å². The molecule has 1 saturated heterocycles. The third-order valence-corrected chi connectivity index (χ3v) is 6.87. The largest absolute Gasteiger partial charge is 0.489 e. The molecule has 30 heavy (non-hydrogen) atoms. The summed E-state index contributed by atoms with van der Waals surface area (Å²) >= 11 is 1.74. The molecule has 1 aliphatic heterocycles. The number of hydrogen-bond donors (Lipinski definition) is 1. The summed E-state index contributed by atoms with van der Waals surface area (Å²) in [4.78, 5) is 15.7. The van der Waals surface area contributed by atoms with Crippen LogP contribution in [-0.4, -0.2) is 47.0 Å². The van der Waals surface area contributed by atoms with E-state index < -0.39 is 10.8 Å². The van der Waals surface area contributed by atoms with Crippen LogP contribution < -0.4 is 10.1 Å². The molecule has 3 rings (SSSR count). The van der Waals surface area contributed by atoms with Crippen LogP contribution in [0.5, 0.6) is 5.75 Å². The second kappa shape index (κ2) is 12.1. The summed E-state index contributed by atoms with van der Waals surface area (Å²) in [6.45, 7) is 6.08. The molecule has 1 aliphatic rings. The number of hydrogen-bond acceptors (Lipinski definition) is 6. The Balaban J connectivity index is 1.27. The van der Waals surface area contributed by atoms with Crippen molar-refractivity contribution in [2.75, 3.05) is 32.0 Å². The second-order valence-electron chi connectivity index (χ2n) is 7.41. The number of amides is 1. The highest BCUT2D eigenvalue weighted by atomic mass is 32.2. The number of ether oxygens (including phenoxy) is 1. The Labute approximate surface area is 184 Å². The van der Waals surface area contributed by atoms with Gasteiger partial charge in [0.05, 0.1) is 5.75 Å². The number of likely N-dealkylation sites (tertiary alicyclic amines) is 1. The third kappa shape index (κ3) is 8.08. The van der Waals surface area contributed by atoms with E-state index >= 15 is 0 Å². The van der Waals surface area contributed by atoms with Gasteiger partial charge in [-0.15, -0.1) is 11.3 Å². The van der Waals surface area contributed by atoms with Crippen molar-refractivity contribution < 1.29 is 18.2 Å². The van der Waals surface area contributed by atoms with Crippen LogP contribution in [0.1, 0.15) is 35.7 Å². The van der Waals surface area contributed by atoms with Gasteiger partial charge in [-0.05, 0) is 57.1 Å². The molecule has 3 heterocycles. The first kappa shape index (κ1) is 22.8. The quantitative estimate of drug-likeness (QED) is 0.529. The van der Waals surface area contributed by atoms with Gasteiger partial charge in [0.1, 0.15) is 29.6 Å². The van der Waals surface area contributed by atoms with Crippen molar-refractivity contribution in [3.05, 3.63) is 52.1 Å². The summed E-state index contributed by atoms with van der Waals surface area (Å²) in [5.74, 6) is 2.30. The average Bonchev–Trinajstić information content (AvgIpc) is 3.33. The lowest BCUT2D eigenvalue weighted by atomic mass is 10.1. The van der Waals surface area contributed by atoms with Crippen molar-refractivity contribution in [1.29, 1.82) is 0 Å². The summed E-state index contributed by atoms with van der Waals surface area (Å²) < 4.78 is 23.1. The van der Waals surface area contributed by atoms with Crippen molar-refractivity contribution in [1.82, 2.24) is 10.2 Å². The van der Waals surface area contributed by atoms with E-state index in [4.69, 9.17) is 9.15 Å². The Morgan fingerprint density at radius 3 is 2.90 bits per heavy atom. The van der Waals surface area contributed by atoms with E-state index in [1.54, 1.807) is 17.4 Å². The Morgan fingerprint density at radius 1 is 1.30 bits per heavy atom. The number of furan rings is 1. The van der Waals surface area contributed by atoms with E-state index in [1.807, 2.05) is 30.5 Å². The smallest absolute Gasteiger partial charge is 0.232 e. The van der Waals surface area contributed by atoms with Crippen LogP contribution in [0.4, 0.5) is 0 Å². The monoisotopic (exact) mass is 450 g/mol. The third-order valence-electron chi connectivity index (χ3n) is 4.78. The summed E-state index contributed by atoms with van der Waals surface area (Å²) in [7, 11) is -1.28. The Bertz CT molecular complexity index is 853. The van der Waals surface area contributed by atoms with Gasteiger partial charge in [-0.2, -0.15) is 0 Å². The number of nitrogens with one attached hydrogen (secondary N) is 1. The van der Waals surface area contributed by atoms with Gasteiger partial charge in [0.2, 0.25) is 5.91 Å². The molecule has 0 radical (unpaired) electrons. The second-order valence-corrected chi connectivity index (χ2v) is 9.87.